The van der Waals surface area contributed by atoms with Crippen LogP contribution in [0.1, 0.15) is 5.56 Å². The van der Waals surface area contributed by atoms with E-state index in [4.69, 9.17) is 10.8 Å². The van der Waals surface area contributed by atoms with Gasteiger partial charge in [0.2, 0.25) is 17.9 Å². The highest BCUT2D eigenvalue weighted by molar-refractivity contribution is 6.20. The van der Waals surface area contributed by atoms with Crippen LogP contribution in [0.3, 0.4) is 0 Å². The van der Waals surface area contributed by atoms with Crippen LogP contribution in [0.4, 0.5) is 11.4 Å². The molecule has 0 atom stereocenters. The summed E-state index contributed by atoms with van der Waals surface area (Å²) < 4.78 is 4.04. The third-order valence-corrected chi connectivity index (χ3v) is 4.79. The fourth-order valence-electron chi connectivity index (χ4n) is 3.15. The Bertz CT molecular complexity index is 990. The number of allylic oxidation sites excluding steroid dienone is 2. The number of nitrogens with two attached hydrogens (primary N) is 1. The SMILES string of the molecule is CN(CCO)C1=CC(=O)C(Nc2ccc(N)c(CCn3cc[n+](C)c3)c2)=CC1=O. The van der Waals surface area contributed by atoms with Crippen LogP contribution in [-0.4, -0.2) is 46.3 Å². The summed E-state index contributed by atoms with van der Waals surface area (Å²) in [4.78, 5) is 26.4. The van der Waals surface area contributed by atoms with E-state index in [0.29, 0.717) is 11.4 Å². The van der Waals surface area contributed by atoms with Crippen LogP contribution in [0, 0.1) is 0 Å². The van der Waals surface area contributed by atoms with Crippen LogP contribution in [0.5, 0.6) is 0 Å². The number of ketones is 2. The molecule has 1 heterocycles. The van der Waals surface area contributed by atoms with E-state index in [1.165, 1.54) is 12.2 Å². The minimum absolute atomic E-state index is 0.0976. The van der Waals surface area contributed by atoms with Crippen molar-refractivity contribution in [1.29, 1.82) is 0 Å². The van der Waals surface area contributed by atoms with E-state index >= 15 is 0 Å². The maximum Gasteiger partial charge on any atom is 0.243 e. The van der Waals surface area contributed by atoms with Crippen molar-refractivity contribution in [2.75, 3.05) is 31.2 Å². The number of nitrogens with zero attached hydrogens (tertiary/aromatic N) is 3. The number of aryl methyl sites for hydroxylation is 3. The molecule has 2 aromatic rings. The minimum atomic E-state index is -0.289. The zero-order valence-electron chi connectivity index (χ0n) is 16.6. The molecule has 152 valence electrons. The average molecular weight is 396 g/mol. The number of hydrogen-bond donors (Lipinski definition) is 3. The number of anilines is 2. The lowest BCUT2D eigenvalue weighted by Crippen LogP contribution is -2.30. The van der Waals surface area contributed by atoms with Crippen LogP contribution < -0.4 is 15.6 Å². The van der Waals surface area contributed by atoms with Gasteiger partial charge in [-0.25, -0.2) is 9.13 Å². The Balaban J connectivity index is 1.71. The summed E-state index contributed by atoms with van der Waals surface area (Å²) in [5, 5.41) is 12.1. The number of carbonyl (C=O) groups is 2. The van der Waals surface area contributed by atoms with Gasteiger partial charge in [0.05, 0.1) is 31.6 Å². The van der Waals surface area contributed by atoms with E-state index < -0.39 is 0 Å². The number of aliphatic hydroxyl groups excluding tert-OH is 1. The van der Waals surface area contributed by atoms with Crippen molar-refractivity contribution in [3.05, 3.63) is 66.0 Å². The summed E-state index contributed by atoms with van der Waals surface area (Å²) in [5.41, 5.74) is 8.92. The molecule has 0 spiro atoms. The monoisotopic (exact) mass is 396 g/mol. The molecule has 0 amide bonds. The molecular formula is C21H26N5O3+. The van der Waals surface area contributed by atoms with E-state index in [2.05, 4.69) is 9.88 Å². The van der Waals surface area contributed by atoms with E-state index in [1.54, 1.807) is 24.1 Å². The number of likely N-dealkylation sites (N-methyl/N-ethyl adjacent to an activating group) is 1. The molecule has 0 radical (unpaired) electrons. The van der Waals surface area contributed by atoms with Gasteiger partial charge in [-0.1, -0.05) is 0 Å². The van der Waals surface area contributed by atoms with Gasteiger partial charge in [-0.15, -0.1) is 0 Å². The molecule has 8 heteroatoms. The zero-order valence-corrected chi connectivity index (χ0v) is 16.6. The van der Waals surface area contributed by atoms with Crippen molar-refractivity contribution >= 4 is 22.9 Å². The second-order valence-corrected chi connectivity index (χ2v) is 7.07. The molecule has 0 saturated carbocycles. The Kier molecular flexibility index (Phi) is 6.13. The summed E-state index contributed by atoms with van der Waals surface area (Å²) >= 11 is 0. The number of aromatic nitrogens is 2. The number of hydrogen-bond acceptors (Lipinski definition) is 6. The summed E-state index contributed by atoms with van der Waals surface area (Å²) in [6.07, 6.45) is 9.28. The fourth-order valence-corrected chi connectivity index (χ4v) is 3.15. The van der Waals surface area contributed by atoms with Crippen molar-refractivity contribution in [2.45, 2.75) is 13.0 Å². The third kappa shape index (κ3) is 4.91. The molecule has 4 N–H and O–H groups in total. The molecular weight excluding hydrogens is 370 g/mol. The van der Waals surface area contributed by atoms with Crippen molar-refractivity contribution in [2.24, 2.45) is 7.05 Å². The Hall–Kier alpha value is -3.39. The smallest absolute Gasteiger partial charge is 0.243 e. The van der Waals surface area contributed by atoms with Gasteiger partial charge in [-0.05, 0) is 23.8 Å². The number of imidazole rings is 1. The summed E-state index contributed by atoms with van der Waals surface area (Å²) in [6.45, 7) is 0.958. The summed E-state index contributed by atoms with van der Waals surface area (Å²) in [6, 6.07) is 5.47. The molecule has 1 aromatic carbocycles. The highest BCUT2D eigenvalue weighted by Gasteiger charge is 2.23. The summed E-state index contributed by atoms with van der Waals surface area (Å²) in [7, 11) is 3.63. The fraction of sp³-hybridized carbons (Fsp3) is 0.286. The molecule has 8 nitrogen and oxygen atoms in total. The highest BCUT2D eigenvalue weighted by atomic mass is 16.3. The molecule has 0 fully saturated rings. The van der Waals surface area contributed by atoms with Gasteiger partial charge in [-0.3, -0.25) is 9.59 Å². The predicted octanol–water partition coefficient (Wildman–Crippen LogP) is 0.393. The number of nitrogens with one attached hydrogen (secondary N) is 1. The lowest BCUT2D eigenvalue weighted by molar-refractivity contribution is -0.671. The Labute approximate surface area is 169 Å². The maximum atomic E-state index is 12.4. The third-order valence-electron chi connectivity index (χ3n) is 4.79. The van der Waals surface area contributed by atoms with Gasteiger partial charge in [0, 0.05) is 43.5 Å². The van der Waals surface area contributed by atoms with Crippen LogP contribution >= 0.6 is 0 Å². The van der Waals surface area contributed by atoms with Crippen molar-refractivity contribution < 1.29 is 19.3 Å². The second-order valence-electron chi connectivity index (χ2n) is 7.07. The van der Waals surface area contributed by atoms with Gasteiger partial charge in [-0.2, -0.15) is 0 Å². The van der Waals surface area contributed by atoms with Gasteiger partial charge < -0.3 is 21.1 Å². The number of carbonyl (C=O) groups excluding carboxylic acids is 2. The second kappa shape index (κ2) is 8.74. The van der Waals surface area contributed by atoms with Gasteiger partial charge in [0.15, 0.2) is 0 Å². The van der Waals surface area contributed by atoms with Crippen LogP contribution in [0.15, 0.2) is 60.5 Å². The molecule has 1 aliphatic carbocycles. The predicted molar refractivity (Wildman–Crippen MR) is 110 cm³/mol. The van der Waals surface area contributed by atoms with E-state index in [1.807, 2.05) is 36.4 Å². The first-order valence-corrected chi connectivity index (χ1v) is 9.38. The highest BCUT2D eigenvalue weighted by Crippen LogP contribution is 2.22. The Morgan fingerprint density at radius 2 is 2.03 bits per heavy atom. The Morgan fingerprint density at radius 1 is 1.24 bits per heavy atom. The van der Waals surface area contributed by atoms with Gasteiger partial charge in [0.25, 0.3) is 0 Å². The maximum absolute atomic E-state index is 12.4. The van der Waals surface area contributed by atoms with Crippen LogP contribution in [-0.2, 0) is 29.6 Å². The number of benzene rings is 1. The van der Waals surface area contributed by atoms with Crippen LogP contribution in [0.2, 0.25) is 0 Å². The first kappa shape index (κ1) is 20.3. The lowest BCUT2D eigenvalue weighted by atomic mass is 10.0. The standard InChI is InChI=1S/C21H25N5O3/c1-24-7-8-26(14-24)6-5-15-11-16(3-4-17(15)22)23-18-12-21(29)19(13-20(18)28)25(2)9-10-27/h3-4,7-8,11-14,27H,5-6,9-10H2,1-2H3,(H2-,22,23,28,29)/p+1. The lowest BCUT2D eigenvalue weighted by Gasteiger charge is -2.22. The zero-order chi connectivity index (χ0) is 21.0. The quantitative estimate of drug-likeness (QED) is 0.339. The Morgan fingerprint density at radius 3 is 2.72 bits per heavy atom. The molecule has 0 saturated heterocycles. The molecule has 29 heavy (non-hydrogen) atoms. The number of nitrogen functional groups attached to an aromatic ring is 1. The largest absolute Gasteiger partial charge is 0.399 e. The van der Waals surface area contributed by atoms with Gasteiger partial charge in [0.1, 0.15) is 12.4 Å². The molecule has 0 aliphatic heterocycles. The van der Waals surface area contributed by atoms with Crippen molar-refractivity contribution in [3.63, 3.8) is 0 Å². The van der Waals surface area contributed by atoms with Crippen molar-refractivity contribution in [3.8, 4) is 0 Å². The van der Waals surface area contributed by atoms with Crippen LogP contribution in [0.25, 0.3) is 0 Å². The first-order chi connectivity index (χ1) is 13.9. The van der Waals surface area contributed by atoms with E-state index in [-0.39, 0.29) is 36.1 Å². The average Bonchev–Trinajstić information content (AvgIpc) is 3.10. The van der Waals surface area contributed by atoms with E-state index in [9.17, 15) is 9.59 Å². The molecule has 1 aromatic heterocycles. The normalized spacial score (nSPS) is 13.9. The number of rotatable bonds is 8. The molecule has 0 bridgehead atoms. The van der Waals surface area contributed by atoms with Gasteiger partial charge >= 0.3 is 0 Å². The first-order valence-electron chi connectivity index (χ1n) is 9.38. The summed E-state index contributed by atoms with van der Waals surface area (Å²) in [5.74, 6) is -0.568. The van der Waals surface area contributed by atoms with E-state index in [0.717, 1.165) is 18.5 Å². The minimum Gasteiger partial charge on any atom is -0.399 e. The molecule has 3 rings (SSSR count). The molecule has 0 unspecified atom stereocenters. The molecule has 1 aliphatic rings. The van der Waals surface area contributed by atoms with Crippen molar-refractivity contribution in [1.82, 2.24) is 9.47 Å². The number of aliphatic hydroxyl groups is 1. The topological polar surface area (TPSA) is 104 Å².